The van der Waals surface area contributed by atoms with Crippen LogP contribution in [0, 0.1) is 10.1 Å². The van der Waals surface area contributed by atoms with Gasteiger partial charge >= 0.3 is 0 Å². The van der Waals surface area contributed by atoms with Crippen LogP contribution in [0.4, 0.5) is 11.4 Å². The van der Waals surface area contributed by atoms with Crippen LogP contribution in [-0.4, -0.2) is 19.9 Å². The van der Waals surface area contributed by atoms with Crippen LogP contribution in [-0.2, 0) is 10.0 Å². The molecule has 8 heteroatoms. The van der Waals surface area contributed by atoms with Gasteiger partial charge in [0, 0.05) is 12.6 Å². The highest BCUT2D eigenvalue weighted by atomic mass is 32.2. The Kier molecular flexibility index (Phi) is 4.52. The van der Waals surface area contributed by atoms with E-state index in [1.165, 1.54) is 12.1 Å². The molecule has 0 spiro atoms. The van der Waals surface area contributed by atoms with Crippen LogP contribution in [0.3, 0.4) is 0 Å². The van der Waals surface area contributed by atoms with Crippen molar-refractivity contribution in [1.29, 1.82) is 0 Å². The molecular formula is C20H19N3O4S. The van der Waals surface area contributed by atoms with Crippen molar-refractivity contribution in [2.45, 2.75) is 23.8 Å². The van der Waals surface area contributed by atoms with Gasteiger partial charge in [-0.3, -0.25) is 10.1 Å². The predicted molar refractivity (Wildman–Crippen MR) is 108 cm³/mol. The molecule has 0 radical (unpaired) electrons. The molecule has 1 fully saturated rings. The van der Waals surface area contributed by atoms with Crippen LogP contribution >= 0.6 is 0 Å². The molecule has 0 saturated carbocycles. The second-order valence-electron chi connectivity index (χ2n) is 6.87. The molecule has 1 heterocycles. The molecule has 0 bridgehead atoms. The molecule has 3 aromatic rings. The van der Waals surface area contributed by atoms with Crippen LogP contribution in [0.25, 0.3) is 10.8 Å². The molecule has 0 aliphatic carbocycles. The summed E-state index contributed by atoms with van der Waals surface area (Å²) in [5, 5.41) is 19.0. The Labute approximate surface area is 162 Å². The van der Waals surface area contributed by atoms with E-state index in [2.05, 4.69) is 12.1 Å². The number of primary sulfonamides is 1. The first-order valence-electron chi connectivity index (χ1n) is 8.92. The third-order valence-corrected chi connectivity index (χ3v) is 6.13. The molecule has 28 heavy (non-hydrogen) atoms. The Morgan fingerprint density at radius 3 is 2.57 bits per heavy atom. The Morgan fingerprint density at radius 1 is 1.07 bits per heavy atom. The van der Waals surface area contributed by atoms with Gasteiger partial charge in [0.15, 0.2) is 0 Å². The standard InChI is InChI=1S/C20H19N3O4S/c21-28(26,27)15-10-11-19(20(13-15)23(24)25)22-12-4-9-18(22)17-8-3-6-14-5-1-2-7-16(14)17/h1-3,5-8,10-11,13,18H,4,9,12H2,(H2,21,26,27). The highest BCUT2D eigenvalue weighted by Crippen LogP contribution is 2.42. The first kappa shape index (κ1) is 18.4. The molecule has 1 aliphatic heterocycles. The number of rotatable bonds is 4. The number of nitro benzene ring substituents is 1. The zero-order chi connectivity index (χ0) is 19.9. The summed E-state index contributed by atoms with van der Waals surface area (Å²) in [6.07, 6.45) is 1.75. The summed E-state index contributed by atoms with van der Waals surface area (Å²) in [5.74, 6) is 0. The van der Waals surface area contributed by atoms with Crippen LogP contribution < -0.4 is 10.0 Å². The summed E-state index contributed by atoms with van der Waals surface area (Å²) in [6.45, 7) is 0.656. The average molecular weight is 397 g/mol. The van der Waals surface area contributed by atoms with E-state index in [1.807, 2.05) is 35.2 Å². The minimum absolute atomic E-state index is 0.0230. The lowest BCUT2D eigenvalue weighted by molar-refractivity contribution is -0.384. The summed E-state index contributed by atoms with van der Waals surface area (Å²) in [4.78, 5) is 12.8. The number of anilines is 1. The van der Waals surface area contributed by atoms with E-state index in [-0.39, 0.29) is 16.6 Å². The molecule has 7 nitrogen and oxygen atoms in total. The minimum Gasteiger partial charge on any atom is -0.359 e. The molecule has 0 amide bonds. The quantitative estimate of drug-likeness (QED) is 0.533. The van der Waals surface area contributed by atoms with Crippen molar-refractivity contribution in [3.63, 3.8) is 0 Å². The highest BCUT2D eigenvalue weighted by molar-refractivity contribution is 7.89. The lowest BCUT2D eigenvalue weighted by atomic mass is 9.97. The van der Waals surface area contributed by atoms with Crippen LogP contribution in [0.2, 0.25) is 0 Å². The fourth-order valence-electron chi connectivity index (χ4n) is 3.99. The maximum absolute atomic E-state index is 11.7. The summed E-state index contributed by atoms with van der Waals surface area (Å²) in [5.41, 5.74) is 1.27. The molecule has 2 N–H and O–H groups in total. The van der Waals surface area contributed by atoms with Gasteiger partial charge in [-0.25, -0.2) is 13.6 Å². The van der Waals surface area contributed by atoms with Gasteiger partial charge in [-0.15, -0.1) is 0 Å². The molecule has 1 saturated heterocycles. The van der Waals surface area contributed by atoms with Crippen molar-refractivity contribution in [2.24, 2.45) is 5.14 Å². The van der Waals surface area contributed by atoms with Gasteiger partial charge in [0.05, 0.1) is 15.9 Å². The van der Waals surface area contributed by atoms with E-state index < -0.39 is 14.9 Å². The number of benzene rings is 3. The van der Waals surface area contributed by atoms with Gasteiger partial charge in [-0.2, -0.15) is 0 Å². The first-order chi connectivity index (χ1) is 13.4. The third-order valence-electron chi connectivity index (χ3n) is 5.22. The molecule has 144 valence electrons. The zero-order valence-electron chi connectivity index (χ0n) is 15.0. The number of nitro groups is 1. The number of nitrogens with zero attached hydrogens (tertiary/aromatic N) is 2. The van der Waals surface area contributed by atoms with Crippen molar-refractivity contribution in [3.05, 3.63) is 76.3 Å². The number of fused-ring (bicyclic) bond motifs is 1. The Balaban J connectivity index is 1.84. The lowest BCUT2D eigenvalue weighted by Gasteiger charge is -2.28. The van der Waals surface area contributed by atoms with E-state index in [4.69, 9.17) is 5.14 Å². The molecule has 1 aliphatic rings. The monoisotopic (exact) mass is 397 g/mol. The number of hydrogen-bond acceptors (Lipinski definition) is 5. The topological polar surface area (TPSA) is 107 Å². The van der Waals surface area contributed by atoms with Gasteiger partial charge in [0.2, 0.25) is 10.0 Å². The molecule has 0 aromatic heterocycles. The smallest absolute Gasteiger partial charge is 0.293 e. The largest absolute Gasteiger partial charge is 0.359 e. The predicted octanol–water partition coefficient (Wildman–Crippen LogP) is 3.74. The lowest BCUT2D eigenvalue weighted by Crippen LogP contribution is -2.24. The van der Waals surface area contributed by atoms with Gasteiger partial charge < -0.3 is 4.90 Å². The van der Waals surface area contributed by atoms with Gasteiger partial charge in [-0.1, -0.05) is 42.5 Å². The molecular weight excluding hydrogens is 378 g/mol. The van der Waals surface area contributed by atoms with Crippen molar-refractivity contribution in [3.8, 4) is 0 Å². The maximum atomic E-state index is 11.7. The summed E-state index contributed by atoms with van der Waals surface area (Å²) < 4.78 is 23.2. The molecule has 3 aromatic carbocycles. The van der Waals surface area contributed by atoms with Gasteiger partial charge in [-0.05, 0) is 41.3 Å². The van der Waals surface area contributed by atoms with Crippen molar-refractivity contribution in [1.82, 2.24) is 0 Å². The zero-order valence-corrected chi connectivity index (χ0v) is 15.8. The number of nitrogens with two attached hydrogens (primary N) is 1. The molecule has 1 unspecified atom stereocenters. The van der Waals surface area contributed by atoms with Crippen LogP contribution in [0.5, 0.6) is 0 Å². The van der Waals surface area contributed by atoms with Gasteiger partial charge in [0.25, 0.3) is 5.69 Å². The minimum atomic E-state index is -4.02. The van der Waals surface area contributed by atoms with E-state index in [9.17, 15) is 18.5 Å². The maximum Gasteiger partial charge on any atom is 0.293 e. The second-order valence-corrected chi connectivity index (χ2v) is 8.43. The fraction of sp³-hybridized carbons (Fsp3) is 0.200. The number of hydrogen-bond donors (Lipinski definition) is 1. The molecule has 1 atom stereocenters. The Bertz CT molecular complexity index is 1170. The first-order valence-corrected chi connectivity index (χ1v) is 10.5. The highest BCUT2D eigenvalue weighted by Gasteiger charge is 2.32. The van der Waals surface area contributed by atoms with Crippen molar-refractivity contribution >= 4 is 32.2 Å². The van der Waals surface area contributed by atoms with Crippen molar-refractivity contribution < 1.29 is 13.3 Å². The summed E-state index contributed by atoms with van der Waals surface area (Å²) in [6, 6.07) is 18.0. The fourth-order valence-corrected chi connectivity index (χ4v) is 4.52. The summed E-state index contributed by atoms with van der Waals surface area (Å²) >= 11 is 0. The average Bonchev–Trinajstić information content (AvgIpc) is 3.15. The SMILES string of the molecule is NS(=O)(=O)c1ccc(N2CCCC2c2cccc3ccccc23)c([N+](=O)[O-])c1. The Morgan fingerprint density at radius 2 is 1.82 bits per heavy atom. The van der Waals surface area contributed by atoms with Crippen LogP contribution in [0.1, 0.15) is 24.4 Å². The number of sulfonamides is 1. The van der Waals surface area contributed by atoms with E-state index in [0.29, 0.717) is 12.2 Å². The van der Waals surface area contributed by atoms with E-state index in [0.717, 1.165) is 35.2 Å². The summed E-state index contributed by atoms with van der Waals surface area (Å²) in [7, 11) is -4.02. The van der Waals surface area contributed by atoms with E-state index in [1.54, 1.807) is 0 Å². The Hall–Kier alpha value is -2.97. The van der Waals surface area contributed by atoms with Crippen LogP contribution in [0.15, 0.2) is 65.6 Å². The van der Waals surface area contributed by atoms with E-state index >= 15 is 0 Å². The van der Waals surface area contributed by atoms with Crippen molar-refractivity contribution in [2.75, 3.05) is 11.4 Å². The van der Waals surface area contributed by atoms with Gasteiger partial charge in [0.1, 0.15) is 5.69 Å². The third kappa shape index (κ3) is 3.21. The second kappa shape index (κ2) is 6.88. The molecule has 4 rings (SSSR count). The normalized spacial score (nSPS) is 17.2.